The van der Waals surface area contributed by atoms with Crippen molar-refractivity contribution in [2.24, 2.45) is 5.73 Å². The summed E-state index contributed by atoms with van der Waals surface area (Å²) in [4.78, 5) is 0. The van der Waals surface area contributed by atoms with Gasteiger partial charge in [0.25, 0.3) is 0 Å². The Morgan fingerprint density at radius 3 is 2.14 bits per heavy atom. The molecule has 0 aliphatic carbocycles. The Hall–Kier alpha value is -0.430. The van der Waals surface area contributed by atoms with Crippen LogP contribution in [-0.4, -0.2) is 18.7 Å². The highest BCUT2D eigenvalue weighted by atomic mass is 32.2. The summed E-state index contributed by atoms with van der Waals surface area (Å²) in [6, 6.07) is 0. The second-order valence-corrected chi connectivity index (χ2v) is 1.62. The van der Waals surface area contributed by atoms with Gasteiger partial charge in [0.05, 0.1) is 0 Å². The average Bonchev–Trinajstić information content (AvgIpc) is 1.65. The molecule has 0 aromatic rings. The maximum atomic E-state index is 9.55. The molecule has 0 fully saturated rings. The SMILES string of the molecule is NC(NO)=S(=O)=O. The predicted octanol–water partition coefficient (Wildman–Crippen LogP) is -2.11. The Labute approximate surface area is 41.2 Å². The van der Waals surface area contributed by atoms with E-state index in [0.717, 1.165) is 0 Å². The van der Waals surface area contributed by atoms with Crippen molar-refractivity contribution in [3.05, 3.63) is 0 Å². The van der Waals surface area contributed by atoms with Gasteiger partial charge in [-0.1, -0.05) is 0 Å². The molecule has 7 heavy (non-hydrogen) atoms. The number of nitrogens with one attached hydrogen (secondary N) is 1. The van der Waals surface area contributed by atoms with Crippen LogP contribution in [0.4, 0.5) is 0 Å². The van der Waals surface area contributed by atoms with Crippen molar-refractivity contribution in [1.82, 2.24) is 5.48 Å². The third-order valence-corrected chi connectivity index (χ3v) is 0.740. The highest BCUT2D eigenvalue weighted by molar-refractivity contribution is 7.72. The van der Waals surface area contributed by atoms with Crippen LogP contribution < -0.4 is 11.2 Å². The molecule has 4 N–H and O–H groups in total. The van der Waals surface area contributed by atoms with Gasteiger partial charge in [0.2, 0.25) is 15.4 Å². The monoisotopic (exact) mass is 124 g/mol. The summed E-state index contributed by atoms with van der Waals surface area (Å²) in [7, 11) is -2.53. The molecule has 0 heterocycles. The van der Waals surface area contributed by atoms with Gasteiger partial charge >= 0.3 is 0 Å². The van der Waals surface area contributed by atoms with Crippen molar-refractivity contribution in [2.75, 3.05) is 0 Å². The maximum absolute atomic E-state index is 9.55. The molecule has 0 bridgehead atoms. The number of hydrogen-bond acceptors (Lipinski definition) is 3. The molecule has 0 aromatic carbocycles. The van der Waals surface area contributed by atoms with Crippen LogP contribution in [-0.2, 0) is 10.3 Å². The molecule has 0 saturated heterocycles. The van der Waals surface area contributed by atoms with Crippen LogP contribution in [0.5, 0.6) is 0 Å². The summed E-state index contributed by atoms with van der Waals surface area (Å²) >= 11 is 0. The van der Waals surface area contributed by atoms with E-state index in [1.807, 2.05) is 0 Å². The van der Waals surface area contributed by atoms with E-state index in [4.69, 9.17) is 5.21 Å². The molecule has 42 valence electrons. The van der Waals surface area contributed by atoms with Gasteiger partial charge in [-0.05, 0) is 0 Å². The smallest absolute Gasteiger partial charge is 0.245 e. The number of nitrogens with two attached hydrogens (primary N) is 1. The Morgan fingerprint density at radius 2 is 2.14 bits per heavy atom. The molecule has 0 aliphatic heterocycles. The summed E-state index contributed by atoms with van der Waals surface area (Å²) in [5.74, 6) is 0. The van der Waals surface area contributed by atoms with E-state index in [1.165, 1.54) is 5.48 Å². The Bertz CT molecular complexity index is 159. The fourth-order valence-corrected chi connectivity index (χ4v) is 0.112. The topological polar surface area (TPSA) is 92.4 Å². The lowest BCUT2D eigenvalue weighted by Crippen LogP contribution is -2.28. The minimum absolute atomic E-state index is 0.681. The van der Waals surface area contributed by atoms with E-state index in [2.05, 4.69) is 5.73 Å². The van der Waals surface area contributed by atoms with E-state index in [0.29, 0.717) is 0 Å². The van der Waals surface area contributed by atoms with E-state index >= 15 is 0 Å². The second kappa shape index (κ2) is 2.69. The molecule has 0 saturated carbocycles. The molecule has 0 aliphatic rings. The number of hydroxylamine groups is 1. The predicted molar refractivity (Wildman–Crippen MR) is 23.0 cm³/mol. The fourth-order valence-electron chi connectivity index (χ4n) is 0.0373. The molecule has 0 amide bonds. The first-order valence-corrected chi connectivity index (χ1v) is 2.37. The standard InChI is InChI=1S/CH4N2O3S/c2-1(3-4)7(5)6/h3-4H,2H2. The quantitative estimate of drug-likeness (QED) is 0.254. The Kier molecular flexibility index (Phi) is 2.53. The van der Waals surface area contributed by atoms with Gasteiger partial charge in [0, 0.05) is 0 Å². The number of rotatable bonds is 0. The Balaban J connectivity index is 4.33. The first-order chi connectivity index (χ1) is 3.18. The molecule has 0 rings (SSSR count). The largest absolute Gasteiger partial charge is 0.310 e. The molecule has 6 heteroatoms. The summed E-state index contributed by atoms with van der Waals surface area (Å²) in [6.45, 7) is 0. The molecule has 0 spiro atoms. The minimum Gasteiger partial charge on any atom is -0.310 e. The van der Waals surface area contributed by atoms with E-state index < -0.39 is 15.4 Å². The van der Waals surface area contributed by atoms with Crippen LogP contribution >= 0.6 is 0 Å². The third kappa shape index (κ3) is 2.29. The normalized spacial score (nSPS) is 8.29. The van der Waals surface area contributed by atoms with Gasteiger partial charge in [0.1, 0.15) is 0 Å². The van der Waals surface area contributed by atoms with Crippen LogP contribution in [0.25, 0.3) is 0 Å². The van der Waals surface area contributed by atoms with Gasteiger partial charge in [-0.25, -0.2) is 0 Å². The van der Waals surface area contributed by atoms with Gasteiger partial charge in [-0.15, -0.1) is 5.48 Å². The molecular formula is CH4N2O3S. The third-order valence-electron chi connectivity index (χ3n) is 0.290. The van der Waals surface area contributed by atoms with Crippen molar-refractivity contribution >= 4 is 15.4 Å². The van der Waals surface area contributed by atoms with Crippen molar-refractivity contribution < 1.29 is 13.6 Å². The average molecular weight is 124 g/mol. The van der Waals surface area contributed by atoms with E-state index in [9.17, 15) is 8.42 Å². The van der Waals surface area contributed by atoms with Crippen LogP contribution in [0, 0.1) is 0 Å². The lowest BCUT2D eigenvalue weighted by Gasteiger charge is -1.81. The summed E-state index contributed by atoms with van der Waals surface area (Å²) in [6.07, 6.45) is 0. The fraction of sp³-hybridized carbons (Fsp3) is 0. The van der Waals surface area contributed by atoms with Crippen molar-refractivity contribution in [3.63, 3.8) is 0 Å². The van der Waals surface area contributed by atoms with Crippen LogP contribution in [0.15, 0.2) is 0 Å². The zero-order valence-electron chi connectivity index (χ0n) is 3.25. The Morgan fingerprint density at radius 1 is 1.71 bits per heavy atom. The van der Waals surface area contributed by atoms with Gasteiger partial charge in [-0.2, -0.15) is 8.42 Å². The van der Waals surface area contributed by atoms with E-state index in [1.54, 1.807) is 0 Å². The first-order valence-electron chi connectivity index (χ1n) is 1.30. The molecule has 5 nitrogen and oxygen atoms in total. The summed E-state index contributed by atoms with van der Waals surface area (Å²) in [5.41, 5.74) is 5.80. The minimum atomic E-state index is -2.53. The second-order valence-electron chi connectivity index (χ2n) is 0.711. The van der Waals surface area contributed by atoms with Crippen molar-refractivity contribution in [3.8, 4) is 0 Å². The van der Waals surface area contributed by atoms with Crippen LogP contribution in [0.2, 0.25) is 0 Å². The lowest BCUT2D eigenvalue weighted by molar-refractivity contribution is 0.235. The van der Waals surface area contributed by atoms with Gasteiger partial charge in [-0.3, -0.25) is 5.73 Å². The summed E-state index contributed by atoms with van der Waals surface area (Å²) < 4.78 is 19.1. The van der Waals surface area contributed by atoms with E-state index in [-0.39, 0.29) is 0 Å². The zero-order chi connectivity index (χ0) is 5.86. The zero-order valence-corrected chi connectivity index (χ0v) is 4.07. The highest BCUT2D eigenvalue weighted by Crippen LogP contribution is 1.40. The molecular weight excluding hydrogens is 120 g/mol. The van der Waals surface area contributed by atoms with Gasteiger partial charge in [0.15, 0.2) is 0 Å². The van der Waals surface area contributed by atoms with Crippen LogP contribution in [0.3, 0.4) is 0 Å². The number of hydrogen-bond donors (Lipinski definition) is 3. The van der Waals surface area contributed by atoms with Crippen molar-refractivity contribution in [2.45, 2.75) is 0 Å². The summed E-state index contributed by atoms with van der Waals surface area (Å²) in [5, 5.41) is 7.02. The maximum Gasteiger partial charge on any atom is 0.245 e. The first kappa shape index (κ1) is 6.57. The lowest BCUT2D eigenvalue weighted by atomic mass is 11.2. The molecule has 0 atom stereocenters. The van der Waals surface area contributed by atoms with Gasteiger partial charge < -0.3 is 5.21 Å². The molecule has 0 unspecified atom stereocenters. The highest BCUT2D eigenvalue weighted by Gasteiger charge is 1.82. The molecule has 0 radical (unpaired) electrons. The molecule has 0 aromatic heterocycles. The van der Waals surface area contributed by atoms with Crippen molar-refractivity contribution in [1.29, 1.82) is 0 Å². The van der Waals surface area contributed by atoms with Crippen LogP contribution in [0.1, 0.15) is 0 Å².